The second-order valence-corrected chi connectivity index (χ2v) is 3.91. The van der Waals surface area contributed by atoms with Gasteiger partial charge in [0.25, 0.3) is 0 Å². The van der Waals surface area contributed by atoms with Gasteiger partial charge in [-0.2, -0.15) is 0 Å². The van der Waals surface area contributed by atoms with Gasteiger partial charge in [-0.25, -0.2) is 13.8 Å². The molecule has 4 nitrogen and oxygen atoms in total. The fraction of sp³-hybridized carbons (Fsp3) is 0.0769. The zero-order valence-corrected chi connectivity index (χ0v) is 9.73. The van der Waals surface area contributed by atoms with E-state index in [9.17, 15) is 13.6 Å². The van der Waals surface area contributed by atoms with Crippen LogP contribution in [0.25, 0.3) is 11.1 Å². The summed E-state index contributed by atoms with van der Waals surface area (Å²) in [6, 6.07) is 6.59. The number of hydrogen-bond acceptors (Lipinski definition) is 3. The average Bonchev–Trinajstić information content (AvgIpc) is 2.33. The monoisotopic (exact) mass is 264 g/mol. The number of nitrogens with two attached hydrogens (primary N) is 1. The van der Waals surface area contributed by atoms with E-state index in [-0.39, 0.29) is 29.1 Å². The molecule has 6 heteroatoms. The van der Waals surface area contributed by atoms with E-state index in [0.717, 1.165) is 6.07 Å². The predicted molar refractivity (Wildman–Crippen MR) is 65.3 cm³/mol. The molecule has 0 amide bonds. The van der Waals surface area contributed by atoms with E-state index in [1.54, 1.807) is 0 Å². The van der Waals surface area contributed by atoms with Crippen molar-refractivity contribution in [3.63, 3.8) is 0 Å². The third-order valence-electron chi connectivity index (χ3n) is 2.56. The predicted octanol–water partition coefficient (Wildman–Crippen LogP) is 2.24. The molecule has 0 atom stereocenters. The first kappa shape index (κ1) is 12.9. The standard InChI is InChI=1S/C13H10F2N2O2/c14-10-3-1-2-8(12(10)15)9-5-4-7(6-11(18)19)17-13(9)16/h1-5H,6H2,(H2,16,17)(H,18,19). The number of halogens is 2. The van der Waals surface area contributed by atoms with E-state index >= 15 is 0 Å². The Morgan fingerprint density at radius 3 is 2.58 bits per heavy atom. The number of hydrogen-bond donors (Lipinski definition) is 2. The number of benzene rings is 1. The second kappa shape index (κ2) is 5.01. The Kier molecular flexibility index (Phi) is 3.41. The SMILES string of the molecule is Nc1nc(CC(=O)O)ccc1-c1cccc(F)c1F. The van der Waals surface area contributed by atoms with Gasteiger partial charge in [0.15, 0.2) is 11.6 Å². The van der Waals surface area contributed by atoms with Crippen molar-refractivity contribution in [3.8, 4) is 11.1 Å². The van der Waals surface area contributed by atoms with Crippen LogP contribution >= 0.6 is 0 Å². The fourth-order valence-electron chi connectivity index (χ4n) is 1.71. The molecule has 0 aliphatic carbocycles. The molecule has 0 bridgehead atoms. The lowest BCUT2D eigenvalue weighted by atomic mass is 10.0. The number of carbonyl (C=O) groups is 1. The Morgan fingerprint density at radius 1 is 1.21 bits per heavy atom. The zero-order valence-electron chi connectivity index (χ0n) is 9.73. The van der Waals surface area contributed by atoms with E-state index in [2.05, 4.69) is 4.98 Å². The van der Waals surface area contributed by atoms with Crippen LogP contribution in [0.3, 0.4) is 0 Å². The summed E-state index contributed by atoms with van der Waals surface area (Å²) in [5.41, 5.74) is 6.13. The van der Waals surface area contributed by atoms with E-state index in [1.165, 1.54) is 24.3 Å². The number of anilines is 1. The molecule has 1 heterocycles. The molecule has 2 rings (SSSR count). The largest absolute Gasteiger partial charge is 0.481 e. The van der Waals surface area contributed by atoms with Gasteiger partial charge in [-0.3, -0.25) is 4.79 Å². The van der Waals surface area contributed by atoms with Crippen molar-refractivity contribution < 1.29 is 18.7 Å². The number of carboxylic acid groups (broad SMARTS) is 1. The molecule has 2 aromatic rings. The van der Waals surface area contributed by atoms with Crippen LogP contribution in [0.15, 0.2) is 30.3 Å². The lowest BCUT2D eigenvalue weighted by Gasteiger charge is -2.08. The van der Waals surface area contributed by atoms with E-state index in [1.807, 2.05) is 0 Å². The van der Waals surface area contributed by atoms with Crippen molar-refractivity contribution in [2.75, 3.05) is 5.73 Å². The van der Waals surface area contributed by atoms with Crippen LogP contribution in [0.4, 0.5) is 14.6 Å². The fourth-order valence-corrected chi connectivity index (χ4v) is 1.71. The van der Waals surface area contributed by atoms with Crippen LogP contribution in [-0.4, -0.2) is 16.1 Å². The lowest BCUT2D eigenvalue weighted by molar-refractivity contribution is -0.136. The molecule has 0 saturated carbocycles. The van der Waals surface area contributed by atoms with Gasteiger partial charge in [0.2, 0.25) is 0 Å². The summed E-state index contributed by atoms with van der Waals surface area (Å²) in [5, 5.41) is 8.63. The van der Waals surface area contributed by atoms with Crippen LogP contribution in [0.2, 0.25) is 0 Å². The lowest BCUT2D eigenvalue weighted by Crippen LogP contribution is -2.05. The minimum absolute atomic E-state index is 0.00752. The molecule has 3 N–H and O–H groups in total. The Hall–Kier alpha value is -2.50. The van der Waals surface area contributed by atoms with Gasteiger partial charge in [-0.15, -0.1) is 0 Å². The van der Waals surface area contributed by atoms with Crippen LogP contribution < -0.4 is 5.73 Å². The van der Waals surface area contributed by atoms with Crippen LogP contribution in [0, 0.1) is 11.6 Å². The van der Waals surface area contributed by atoms with Crippen molar-refractivity contribution in [3.05, 3.63) is 47.7 Å². The third kappa shape index (κ3) is 2.67. The number of aromatic nitrogens is 1. The molecular formula is C13H10F2N2O2. The number of carboxylic acids is 1. The molecule has 1 aromatic heterocycles. The van der Waals surface area contributed by atoms with Crippen LogP contribution in [0.5, 0.6) is 0 Å². The first-order valence-electron chi connectivity index (χ1n) is 5.40. The van der Waals surface area contributed by atoms with E-state index in [0.29, 0.717) is 0 Å². The van der Waals surface area contributed by atoms with E-state index in [4.69, 9.17) is 10.8 Å². The molecule has 0 spiro atoms. The van der Waals surface area contributed by atoms with Gasteiger partial charge in [-0.05, 0) is 18.2 Å². The number of nitrogens with zero attached hydrogens (tertiary/aromatic N) is 1. The summed E-state index contributed by atoms with van der Waals surface area (Å²) in [7, 11) is 0. The Labute approximate surface area is 107 Å². The number of pyridine rings is 1. The highest BCUT2D eigenvalue weighted by Crippen LogP contribution is 2.28. The third-order valence-corrected chi connectivity index (χ3v) is 2.56. The second-order valence-electron chi connectivity index (χ2n) is 3.91. The number of rotatable bonds is 3. The van der Waals surface area contributed by atoms with Gasteiger partial charge in [-0.1, -0.05) is 12.1 Å². The molecule has 0 fully saturated rings. The summed E-state index contributed by atoms with van der Waals surface area (Å²) in [6.45, 7) is 0. The molecule has 0 aliphatic heterocycles. The normalized spacial score (nSPS) is 10.4. The maximum absolute atomic E-state index is 13.6. The Balaban J connectivity index is 2.46. The molecule has 0 unspecified atom stereocenters. The Morgan fingerprint density at radius 2 is 1.95 bits per heavy atom. The quantitative estimate of drug-likeness (QED) is 0.891. The highest BCUT2D eigenvalue weighted by molar-refractivity contribution is 5.75. The van der Waals surface area contributed by atoms with E-state index < -0.39 is 17.6 Å². The van der Waals surface area contributed by atoms with Gasteiger partial charge in [0.05, 0.1) is 12.1 Å². The Bertz CT molecular complexity index is 645. The minimum Gasteiger partial charge on any atom is -0.481 e. The highest BCUT2D eigenvalue weighted by Gasteiger charge is 2.13. The molecule has 98 valence electrons. The molecule has 0 saturated heterocycles. The first-order chi connectivity index (χ1) is 8.99. The minimum atomic E-state index is -1.04. The summed E-state index contributed by atoms with van der Waals surface area (Å²) in [5.74, 6) is -3.08. The molecular weight excluding hydrogens is 254 g/mol. The maximum atomic E-state index is 13.6. The smallest absolute Gasteiger partial charge is 0.309 e. The van der Waals surface area contributed by atoms with Crippen LogP contribution in [0.1, 0.15) is 5.69 Å². The van der Waals surface area contributed by atoms with Gasteiger partial charge < -0.3 is 10.8 Å². The summed E-state index contributed by atoms with van der Waals surface area (Å²) >= 11 is 0. The van der Waals surface area contributed by atoms with Crippen LogP contribution in [-0.2, 0) is 11.2 Å². The van der Waals surface area contributed by atoms with Gasteiger partial charge in [0, 0.05) is 11.1 Å². The number of nitrogen functional groups attached to an aromatic ring is 1. The van der Waals surface area contributed by atoms with Crippen molar-refractivity contribution >= 4 is 11.8 Å². The topological polar surface area (TPSA) is 76.2 Å². The molecule has 0 aliphatic rings. The van der Waals surface area contributed by atoms with Crippen molar-refractivity contribution in [1.82, 2.24) is 4.98 Å². The van der Waals surface area contributed by atoms with Crippen molar-refractivity contribution in [2.24, 2.45) is 0 Å². The average molecular weight is 264 g/mol. The maximum Gasteiger partial charge on any atom is 0.309 e. The van der Waals surface area contributed by atoms with Crippen molar-refractivity contribution in [2.45, 2.75) is 6.42 Å². The summed E-state index contributed by atoms with van der Waals surface area (Å²) < 4.78 is 26.8. The van der Waals surface area contributed by atoms with Gasteiger partial charge >= 0.3 is 5.97 Å². The molecule has 19 heavy (non-hydrogen) atoms. The molecule has 0 radical (unpaired) electrons. The molecule has 1 aromatic carbocycles. The first-order valence-corrected chi connectivity index (χ1v) is 5.40. The highest BCUT2D eigenvalue weighted by atomic mass is 19.2. The van der Waals surface area contributed by atoms with Crippen molar-refractivity contribution in [1.29, 1.82) is 0 Å². The summed E-state index contributed by atoms with van der Waals surface area (Å²) in [4.78, 5) is 14.4. The summed E-state index contributed by atoms with van der Waals surface area (Å²) in [6.07, 6.45) is -0.282. The van der Waals surface area contributed by atoms with Gasteiger partial charge in [0.1, 0.15) is 5.82 Å². The number of aliphatic carboxylic acids is 1. The zero-order chi connectivity index (χ0) is 14.0.